The second-order valence-electron chi connectivity index (χ2n) is 5.35. The predicted octanol–water partition coefficient (Wildman–Crippen LogP) is 4.73. The van der Waals surface area contributed by atoms with Crippen LogP contribution in [0.5, 0.6) is 0 Å². The van der Waals surface area contributed by atoms with E-state index in [0.717, 1.165) is 28.2 Å². The molecule has 3 aromatic rings. The first-order chi connectivity index (χ1) is 12.6. The highest BCUT2D eigenvalue weighted by Crippen LogP contribution is 2.22. The molecule has 2 aromatic carbocycles. The number of hydrogen-bond acceptors (Lipinski definition) is 5. The highest BCUT2D eigenvalue weighted by atomic mass is 35.5. The van der Waals surface area contributed by atoms with Crippen LogP contribution in [-0.4, -0.2) is 15.7 Å². The molecule has 0 radical (unpaired) electrons. The molecule has 0 atom stereocenters. The number of rotatable bonds is 5. The van der Waals surface area contributed by atoms with E-state index in [0.29, 0.717) is 5.02 Å². The summed E-state index contributed by atoms with van der Waals surface area (Å²) in [7, 11) is 0. The van der Waals surface area contributed by atoms with Crippen LogP contribution in [0.2, 0.25) is 5.02 Å². The number of hydrogen-bond donors (Lipinski definition) is 0. The van der Waals surface area contributed by atoms with E-state index in [1.54, 1.807) is 18.3 Å². The number of non-ortho nitro benzene ring substituents is 1. The average Bonchev–Trinajstić information content (AvgIpc) is 3.05. The van der Waals surface area contributed by atoms with Crippen LogP contribution in [0.1, 0.15) is 12.5 Å². The Labute approximate surface area is 158 Å². The maximum Gasteiger partial charge on any atom is 0.269 e. The third-order valence-corrected chi connectivity index (χ3v) is 4.81. The Kier molecular flexibility index (Phi) is 5.60. The number of aromatic nitrogens is 1. The van der Waals surface area contributed by atoms with Gasteiger partial charge in [0, 0.05) is 29.1 Å². The van der Waals surface area contributed by atoms with Crippen molar-refractivity contribution in [3.63, 3.8) is 0 Å². The van der Waals surface area contributed by atoms with Crippen LogP contribution in [0.25, 0.3) is 11.3 Å². The molecule has 8 heteroatoms. The molecule has 0 fully saturated rings. The highest BCUT2D eigenvalue weighted by Gasteiger charge is 2.06. The number of nitro benzene ring substituents is 1. The number of benzene rings is 2. The van der Waals surface area contributed by atoms with E-state index in [2.05, 4.69) is 14.8 Å². The molecule has 1 aromatic heterocycles. The zero-order valence-electron chi connectivity index (χ0n) is 13.9. The van der Waals surface area contributed by atoms with E-state index >= 15 is 0 Å². The van der Waals surface area contributed by atoms with Crippen LogP contribution >= 0.6 is 22.9 Å². The molecule has 0 aliphatic carbocycles. The third kappa shape index (κ3) is 4.07. The summed E-state index contributed by atoms with van der Waals surface area (Å²) in [5, 5.41) is 21.8. The second kappa shape index (κ2) is 8.07. The maximum absolute atomic E-state index is 10.7. The largest absolute Gasteiger partial charge is 0.315 e. The van der Waals surface area contributed by atoms with E-state index in [1.807, 2.05) is 36.6 Å². The van der Waals surface area contributed by atoms with Crippen molar-refractivity contribution in [1.82, 2.24) is 4.57 Å². The molecule has 0 amide bonds. The smallest absolute Gasteiger partial charge is 0.269 e. The molecule has 0 saturated heterocycles. The monoisotopic (exact) mass is 386 g/mol. The quantitative estimate of drug-likeness (QED) is 0.361. The summed E-state index contributed by atoms with van der Waals surface area (Å²) in [4.78, 5) is 11.0. The van der Waals surface area contributed by atoms with E-state index in [9.17, 15) is 10.1 Å². The Hall–Kier alpha value is -2.77. The van der Waals surface area contributed by atoms with Crippen LogP contribution in [0.4, 0.5) is 5.69 Å². The van der Waals surface area contributed by atoms with Crippen molar-refractivity contribution >= 4 is 34.8 Å². The van der Waals surface area contributed by atoms with Gasteiger partial charge in [-0.25, -0.2) is 0 Å². The van der Waals surface area contributed by atoms with Gasteiger partial charge in [-0.05, 0) is 42.3 Å². The van der Waals surface area contributed by atoms with Crippen LogP contribution in [-0.2, 0) is 6.54 Å². The molecule has 0 N–H and O–H groups in total. The Balaban J connectivity index is 1.87. The molecule has 0 aliphatic rings. The summed E-state index contributed by atoms with van der Waals surface area (Å²) in [6, 6.07) is 13.8. The number of nitro groups is 1. The lowest BCUT2D eigenvalue weighted by Crippen LogP contribution is -2.14. The lowest BCUT2D eigenvalue weighted by Gasteiger charge is -2.05. The topological polar surface area (TPSA) is 72.8 Å². The van der Waals surface area contributed by atoms with E-state index in [-0.39, 0.29) is 5.69 Å². The van der Waals surface area contributed by atoms with Gasteiger partial charge < -0.3 is 4.57 Å². The number of halogens is 1. The Morgan fingerprint density at radius 3 is 2.50 bits per heavy atom. The summed E-state index contributed by atoms with van der Waals surface area (Å²) in [5.41, 5.74) is 2.91. The van der Waals surface area contributed by atoms with Crippen molar-refractivity contribution in [2.45, 2.75) is 13.5 Å². The third-order valence-electron chi connectivity index (χ3n) is 3.71. The molecule has 1 heterocycles. The summed E-state index contributed by atoms with van der Waals surface area (Å²) < 4.78 is 2.07. The first kappa shape index (κ1) is 18.0. The maximum atomic E-state index is 10.7. The van der Waals surface area contributed by atoms with Crippen molar-refractivity contribution in [3.05, 3.63) is 79.4 Å². The zero-order valence-corrected chi connectivity index (χ0v) is 15.4. The summed E-state index contributed by atoms with van der Waals surface area (Å²) in [6.07, 6.45) is 1.57. The molecule has 0 spiro atoms. The van der Waals surface area contributed by atoms with Gasteiger partial charge in [0.25, 0.3) is 5.69 Å². The Bertz CT molecular complexity index is 1000. The molecule has 0 bridgehead atoms. The minimum Gasteiger partial charge on any atom is -0.315 e. The zero-order chi connectivity index (χ0) is 18.5. The van der Waals surface area contributed by atoms with Crippen molar-refractivity contribution < 1.29 is 4.92 Å². The van der Waals surface area contributed by atoms with Crippen LogP contribution < -0.4 is 4.80 Å². The molecule has 0 aliphatic heterocycles. The van der Waals surface area contributed by atoms with Gasteiger partial charge in [-0.1, -0.05) is 23.7 Å². The standard InChI is InChI=1S/C18H15ClN4O2S/c1-2-22-17(14-5-7-15(19)8-6-14)12-26-18(22)21-20-11-13-3-9-16(10-4-13)23(24)25/h3-12H,2H2,1H3/b20-11-,21-18-. The fourth-order valence-electron chi connectivity index (χ4n) is 2.39. The Morgan fingerprint density at radius 2 is 1.88 bits per heavy atom. The first-order valence-electron chi connectivity index (χ1n) is 7.84. The van der Waals surface area contributed by atoms with E-state index < -0.39 is 4.92 Å². The average molecular weight is 387 g/mol. The normalized spacial score (nSPS) is 12.0. The summed E-state index contributed by atoms with van der Waals surface area (Å²) in [6.45, 7) is 2.80. The fraction of sp³-hybridized carbons (Fsp3) is 0.111. The first-order valence-corrected chi connectivity index (χ1v) is 9.10. The Morgan fingerprint density at radius 1 is 1.19 bits per heavy atom. The number of thiazole rings is 1. The lowest BCUT2D eigenvalue weighted by atomic mass is 10.2. The lowest BCUT2D eigenvalue weighted by molar-refractivity contribution is -0.384. The van der Waals surface area contributed by atoms with E-state index in [4.69, 9.17) is 11.6 Å². The minimum atomic E-state index is -0.431. The number of nitrogens with zero attached hydrogens (tertiary/aromatic N) is 4. The van der Waals surface area contributed by atoms with Crippen LogP contribution in [0.3, 0.4) is 0 Å². The van der Waals surface area contributed by atoms with E-state index in [1.165, 1.54) is 23.5 Å². The van der Waals surface area contributed by atoms with Crippen molar-refractivity contribution in [3.8, 4) is 11.3 Å². The minimum absolute atomic E-state index is 0.0498. The van der Waals surface area contributed by atoms with Gasteiger partial charge in [0.2, 0.25) is 4.80 Å². The van der Waals surface area contributed by atoms with Gasteiger partial charge in [-0.15, -0.1) is 16.4 Å². The molecule has 3 rings (SSSR count). The SMILES string of the molecule is CCn1c(-c2ccc(Cl)cc2)cs/c1=N\N=C/c1ccc([N+](=O)[O-])cc1. The van der Waals surface area contributed by atoms with Crippen LogP contribution in [0.15, 0.2) is 64.1 Å². The van der Waals surface area contributed by atoms with Gasteiger partial charge in [-0.2, -0.15) is 5.10 Å². The fourth-order valence-corrected chi connectivity index (χ4v) is 3.45. The molecular weight excluding hydrogens is 372 g/mol. The van der Waals surface area contributed by atoms with Crippen molar-refractivity contribution in [2.24, 2.45) is 10.2 Å². The summed E-state index contributed by atoms with van der Waals surface area (Å²) >= 11 is 7.45. The second-order valence-corrected chi connectivity index (χ2v) is 6.62. The molecule has 132 valence electrons. The highest BCUT2D eigenvalue weighted by molar-refractivity contribution is 7.07. The van der Waals surface area contributed by atoms with Crippen molar-refractivity contribution in [2.75, 3.05) is 0 Å². The molecule has 6 nitrogen and oxygen atoms in total. The van der Waals surface area contributed by atoms with Crippen LogP contribution in [0, 0.1) is 10.1 Å². The molecular formula is C18H15ClN4O2S. The molecule has 0 unspecified atom stereocenters. The molecule has 0 saturated carbocycles. The molecule has 26 heavy (non-hydrogen) atoms. The van der Waals surface area contributed by atoms with Gasteiger partial charge >= 0.3 is 0 Å². The predicted molar refractivity (Wildman–Crippen MR) is 105 cm³/mol. The van der Waals surface area contributed by atoms with Gasteiger partial charge in [-0.3, -0.25) is 10.1 Å². The van der Waals surface area contributed by atoms with Gasteiger partial charge in [0.15, 0.2) is 0 Å². The van der Waals surface area contributed by atoms with Gasteiger partial charge in [0.1, 0.15) is 0 Å². The van der Waals surface area contributed by atoms with Crippen molar-refractivity contribution in [1.29, 1.82) is 0 Å². The summed E-state index contributed by atoms with van der Waals surface area (Å²) in [5.74, 6) is 0. The van der Waals surface area contributed by atoms with Gasteiger partial charge in [0.05, 0.1) is 16.8 Å².